The van der Waals surface area contributed by atoms with Crippen LogP contribution >= 0.6 is 0 Å². The number of hydrogen-bond donors (Lipinski definition) is 0. The molecule has 1 saturated heterocycles. The third kappa shape index (κ3) is 4.34. The maximum atomic E-state index is 9.79. The van der Waals surface area contributed by atoms with Crippen LogP contribution in [0.3, 0.4) is 0 Å². The van der Waals surface area contributed by atoms with Crippen LogP contribution in [0.5, 0.6) is 17.2 Å². The van der Waals surface area contributed by atoms with E-state index < -0.39 is 5.60 Å². The molecule has 6 nitrogen and oxygen atoms in total. The summed E-state index contributed by atoms with van der Waals surface area (Å²) in [6, 6.07) is 31.7. The molecular weight excluding hydrogens is 584 g/mol. The first-order chi connectivity index (χ1) is 22.9. The van der Waals surface area contributed by atoms with Crippen molar-refractivity contribution >= 4 is 22.5 Å². The molecule has 1 fully saturated rings. The minimum atomic E-state index is -0.879. The van der Waals surface area contributed by atoms with Gasteiger partial charge in [0.2, 0.25) is 0 Å². The molecule has 0 N–H and O–H groups in total. The number of methoxy groups -OCH3 is 2. The molecule has 0 amide bonds. The second-order valence-electron chi connectivity index (χ2n) is 12.9. The summed E-state index contributed by atoms with van der Waals surface area (Å²) in [4.78, 5) is 2.36. The van der Waals surface area contributed by atoms with Crippen molar-refractivity contribution in [3.63, 3.8) is 0 Å². The Morgan fingerprint density at radius 2 is 1.49 bits per heavy atom. The summed E-state index contributed by atoms with van der Waals surface area (Å²) in [5.74, 6) is 2.09. The summed E-state index contributed by atoms with van der Waals surface area (Å²) in [7, 11) is 3.33. The number of anilines is 1. The Balaban J connectivity index is 1.39. The lowest BCUT2D eigenvalue weighted by molar-refractivity contribution is 0.122. The second-order valence-corrected chi connectivity index (χ2v) is 12.9. The van der Waals surface area contributed by atoms with Crippen LogP contribution in [0, 0.1) is 11.3 Å². The van der Waals surface area contributed by atoms with E-state index in [4.69, 9.17) is 18.9 Å². The fraction of sp³-hybridized carbons (Fsp3) is 0.244. The molecule has 234 valence electrons. The molecule has 0 bridgehead atoms. The van der Waals surface area contributed by atoms with Gasteiger partial charge in [-0.2, -0.15) is 5.26 Å². The van der Waals surface area contributed by atoms with Crippen molar-refractivity contribution in [2.45, 2.75) is 24.9 Å². The quantitative estimate of drug-likeness (QED) is 0.197. The van der Waals surface area contributed by atoms with Crippen LogP contribution in [0.2, 0.25) is 0 Å². The van der Waals surface area contributed by atoms with E-state index in [2.05, 4.69) is 97.6 Å². The minimum Gasteiger partial charge on any atom is -0.493 e. The van der Waals surface area contributed by atoms with Gasteiger partial charge in [0.05, 0.1) is 39.1 Å². The van der Waals surface area contributed by atoms with E-state index in [0.29, 0.717) is 17.1 Å². The molecule has 2 aliphatic heterocycles. The first-order valence-electron chi connectivity index (χ1n) is 16.1. The zero-order chi connectivity index (χ0) is 32.3. The molecule has 1 unspecified atom stereocenters. The van der Waals surface area contributed by atoms with E-state index in [0.717, 1.165) is 76.2 Å². The predicted octanol–water partition coefficient (Wildman–Crippen LogP) is 8.22. The molecule has 2 heterocycles. The van der Waals surface area contributed by atoms with Crippen LogP contribution in [-0.2, 0) is 15.8 Å². The van der Waals surface area contributed by atoms with Crippen molar-refractivity contribution in [3.8, 4) is 34.4 Å². The standard InChI is InChI=1S/C41H36N2O4/c1-40(2)34-22-26(25-42)10-15-30(34)37-32-23-35(44-3)36(45-4)24-33(32)39-31(38(37)40)16-17-41(47-39,27-8-6-5-7-9-27)28-11-13-29(14-12-28)43-18-20-46-21-19-43/h5-17,22-24H,18-21H2,1-4H3. The molecule has 0 radical (unpaired) electrons. The van der Waals surface area contributed by atoms with Crippen LogP contribution in [-0.4, -0.2) is 40.5 Å². The lowest BCUT2D eigenvalue weighted by Crippen LogP contribution is -2.37. The molecule has 3 aliphatic rings. The number of nitriles is 1. The van der Waals surface area contributed by atoms with Crippen molar-refractivity contribution in [2.75, 3.05) is 45.4 Å². The SMILES string of the molecule is COc1cc2c3c(c4c(c2cc1OC)-c1ccc(C#N)cc1C4(C)C)C=CC(c1ccccc1)(c1ccc(N2CCOCC2)cc1)O3. The fourth-order valence-corrected chi connectivity index (χ4v) is 7.78. The number of ether oxygens (including phenoxy) is 4. The highest BCUT2D eigenvalue weighted by atomic mass is 16.5. The van der Waals surface area contributed by atoms with Gasteiger partial charge in [0.1, 0.15) is 5.75 Å². The molecule has 47 heavy (non-hydrogen) atoms. The first-order valence-corrected chi connectivity index (χ1v) is 16.1. The summed E-state index contributed by atoms with van der Waals surface area (Å²) in [5, 5.41) is 11.8. The Morgan fingerprint density at radius 1 is 0.809 bits per heavy atom. The van der Waals surface area contributed by atoms with E-state index >= 15 is 0 Å². The number of fused-ring (bicyclic) bond motifs is 8. The van der Waals surface area contributed by atoms with Gasteiger partial charge >= 0.3 is 0 Å². The molecule has 1 aliphatic carbocycles. The first kappa shape index (κ1) is 29.2. The van der Waals surface area contributed by atoms with E-state index in [9.17, 15) is 5.26 Å². The highest BCUT2D eigenvalue weighted by molar-refractivity contribution is 6.09. The van der Waals surface area contributed by atoms with Crippen molar-refractivity contribution in [1.29, 1.82) is 5.26 Å². The number of rotatable bonds is 5. The lowest BCUT2D eigenvalue weighted by Gasteiger charge is -2.39. The van der Waals surface area contributed by atoms with Gasteiger partial charge in [-0.05, 0) is 70.1 Å². The number of hydrogen-bond acceptors (Lipinski definition) is 6. The Kier molecular flexibility index (Phi) is 6.78. The van der Waals surface area contributed by atoms with E-state index in [-0.39, 0.29) is 5.41 Å². The van der Waals surface area contributed by atoms with E-state index in [1.165, 1.54) is 11.3 Å². The molecule has 0 spiro atoms. The Bertz CT molecular complexity index is 2110. The van der Waals surface area contributed by atoms with Crippen LogP contribution in [0.25, 0.3) is 28.0 Å². The van der Waals surface area contributed by atoms with Gasteiger partial charge in [0.25, 0.3) is 0 Å². The number of nitrogens with zero attached hydrogens (tertiary/aromatic N) is 2. The molecule has 6 heteroatoms. The maximum Gasteiger partial charge on any atom is 0.178 e. The molecule has 0 aromatic heterocycles. The summed E-state index contributed by atoms with van der Waals surface area (Å²) in [5.41, 5.74) is 8.25. The van der Waals surface area contributed by atoms with Crippen molar-refractivity contribution in [1.82, 2.24) is 0 Å². The van der Waals surface area contributed by atoms with Gasteiger partial charge in [0, 0.05) is 46.3 Å². The second kappa shape index (κ2) is 10.9. The number of benzene rings is 5. The van der Waals surface area contributed by atoms with Crippen molar-refractivity contribution in [2.24, 2.45) is 0 Å². The van der Waals surface area contributed by atoms with Gasteiger partial charge in [-0.15, -0.1) is 0 Å². The van der Waals surface area contributed by atoms with Gasteiger partial charge in [-0.25, -0.2) is 0 Å². The van der Waals surface area contributed by atoms with Gasteiger partial charge in [-0.1, -0.05) is 68.5 Å². The van der Waals surface area contributed by atoms with Gasteiger partial charge in [-0.3, -0.25) is 0 Å². The zero-order valence-electron chi connectivity index (χ0n) is 27.1. The topological polar surface area (TPSA) is 64.0 Å². The third-order valence-electron chi connectivity index (χ3n) is 10.1. The molecule has 1 atom stereocenters. The van der Waals surface area contributed by atoms with Crippen LogP contribution in [0.4, 0.5) is 5.69 Å². The molecular formula is C41H36N2O4. The average Bonchev–Trinajstić information content (AvgIpc) is 3.37. The fourth-order valence-electron chi connectivity index (χ4n) is 7.78. The largest absolute Gasteiger partial charge is 0.493 e. The summed E-state index contributed by atoms with van der Waals surface area (Å²) in [6.07, 6.45) is 4.45. The van der Waals surface area contributed by atoms with Gasteiger partial charge < -0.3 is 23.8 Å². The zero-order valence-corrected chi connectivity index (χ0v) is 27.1. The third-order valence-corrected chi connectivity index (χ3v) is 10.1. The molecule has 5 aromatic rings. The Labute approximate surface area is 275 Å². The van der Waals surface area contributed by atoms with E-state index in [1.54, 1.807) is 14.2 Å². The average molecular weight is 621 g/mol. The summed E-state index contributed by atoms with van der Waals surface area (Å²) >= 11 is 0. The summed E-state index contributed by atoms with van der Waals surface area (Å²) in [6.45, 7) is 7.71. The van der Waals surface area contributed by atoms with Crippen molar-refractivity contribution in [3.05, 3.63) is 124 Å². The van der Waals surface area contributed by atoms with Gasteiger partial charge in [0.15, 0.2) is 17.1 Å². The maximum absolute atomic E-state index is 9.79. The normalized spacial score (nSPS) is 18.9. The molecule has 5 aromatic carbocycles. The van der Waals surface area contributed by atoms with E-state index in [1.807, 2.05) is 24.3 Å². The van der Waals surface area contributed by atoms with Crippen LogP contribution in [0.15, 0.2) is 91.0 Å². The highest BCUT2D eigenvalue weighted by Crippen LogP contribution is 2.59. The van der Waals surface area contributed by atoms with Crippen LogP contribution < -0.4 is 19.1 Å². The Hall–Kier alpha value is -5.25. The summed E-state index contributed by atoms with van der Waals surface area (Å²) < 4.78 is 24.7. The van der Waals surface area contributed by atoms with Crippen LogP contribution in [0.1, 0.15) is 47.2 Å². The smallest absolute Gasteiger partial charge is 0.178 e. The predicted molar refractivity (Wildman–Crippen MR) is 186 cm³/mol. The lowest BCUT2D eigenvalue weighted by atomic mass is 9.76. The molecule has 0 saturated carbocycles. The molecule has 8 rings (SSSR count). The van der Waals surface area contributed by atoms with Crippen molar-refractivity contribution < 1.29 is 18.9 Å². The highest BCUT2D eigenvalue weighted by Gasteiger charge is 2.44. The monoisotopic (exact) mass is 620 g/mol. The number of morpholine rings is 1. The minimum absolute atomic E-state index is 0.386. The Morgan fingerprint density at radius 3 is 2.17 bits per heavy atom.